The Balaban J connectivity index is 2.21. The number of thiophene rings is 1. The molecule has 0 amide bonds. The Morgan fingerprint density at radius 2 is 2.00 bits per heavy atom. The zero-order valence-electron chi connectivity index (χ0n) is 10.7. The van der Waals surface area contributed by atoms with Gasteiger partial charge in [-0.15, -0.1) is 11.3 Å². The maximum atomic E-state index is 11.9. The zero-order valence-corrected chi connectivity index (χ0v) is 11.5. The number of carbonyl (C=O) groups excluding carboxylic acids is 1. The molecule has 19 heavy (non-hydrogen) atoms. The topological polar surface area (TPSA) is 26.3 Å². The van der Waals surface area contributed by atoms with Gasteiger partial charge < -0.3 is 4.74 Å². The second-order valence-electron chi connectivity index (χ2n) is 4.80. The van der Waals surface area contributed by atoms with E-state index in [-0.39, 0.29) is 5.97 Å². The molecule has 0 aliphatic carbocycles. The molecular formula is C16H14O2S. The molecule has 0 saturated carbocycles. The van der Waals surface area contributed by atoms with Crippen molar-refractivity contribution in [2.24, 2.45) is 0 Å². The molecule has 1 unspecified atom stereocenters. The lowest BCUT2D eigenvalue weighted by Gasteiger charge is -2.27. The first kappa shape index (κ1) is 12.2. The summed E-state index contributed by atoms with van der Waals surface area (Å²) in [5.41, 5.74) is 2.01. The SMILES string of the molecule is C=C1CC(c2ccccc2)(c2sccc2C)OC1=O. The summed E-state index contributed by atoms with van der Waals surface area (Å²) in [6, 6.07) is 12.0. The van der Waals surface area contributed by atoms with Crippen LogP contribution in [0, 0.1) is 6.92 Å². The molecule has 1 aromatic heterocycles. The Kier molecular flexibility index (Phi) is 2.79. The Labute approximate surface area is 116 Å². The molecule has 1 aromatic carbocycles. The van der Waals surface area contributed by atoms with Crippen LogP contribution in [0.4, 0.5) is 0 Å². The quantitative estimate of drug-likeness (QED) is 0.613. The third-order valence-corrected chi connectivity index (χ3v) is 4.65. The number of esters is 1. The smallest absolute Gasteiger partial charge is 0.334 e. The number of aryl methyl sites for hydroxylation is 1. The van der Waals surface area contributed by atoms with E-state index in [0.29, 0.717) is 12.0 Å². The fourth-order valence-electron chi connectivity index (χ4n) is 2.55. The van der Waals surface area contributed by atoms with Crippen LogP contribution in [0.1, 0.15) is 22.4 Å². The molecule has 2 aromatic rings. The molecule has 1 fully saturated rings. The minimum Gasteiger partial charge on any atom is -0.445 e. The van der Waals surface area contributed by atoms with Crippen molar-refractivity contribution in [3.8, 4) is 0 Å². The third-order valence-electron chi connectivity index (χ3n) is 3.49. The van der Waals surface area contributed by atoms with Crippen LogP contribution in [-0.4, -0.2) is 5.97 Å². The van der Waals surface area contributed by atoms with Crippen molar-refractivity contribution in [1.82, 2.24) is 0 Å². The highest BCUT2D eigenvalue weighted by Gasteiger charge is 2.47. The Morgan fingerprint density at radius 3 is 2.53 bits per heavy atom. The molecule has 0 bridgehead atoms. The molecule has 3 heteroatoms. The standard InChI is InChI=1S/C16H14O2S/c1-11-8-9-19-14(11)16(10-12(2)15(17)18-16)13-6-4-3-5-7-13/h3-9H,2,10H2,1H3. The average Bonchev–Trinajstić information content (AvgIpc) is 2.96. The number of ether oxygens (including phenoxy) is 1. The van der Waals surface area contributed by atoms with E-state index < -0.39 is 5.60 Å². The molecule has 1 atom stereocenters. The molecule has 0 spiro atoms. The van der Waals surface area contributed by atoms with Gasteiger partial charge in [0, 0.05) is 17.6 Å². The maximum absolute atomic E-state index is 11.9. The highest BCUT2D eigenvalue weighted by atomic mass is 32.1. The van der Waals surface area contributed by atoms with Crippen LogP contribution in [0.5, 0.6) is 0 Å². The summed E-state index contributed by atoms with van der Waals surface area (Å²) in [6.45, 7) is 5.87. The summed E-state index contributed by atoms with van der Waals surface area (Å²) >= 11 is 1.63. The minimum atomic E-state index is -0.687. The lowest BCUT2D eigenvalue weighted by atomic mass is 9.86. The van der Waals surface area contributed by atoms with Crippen LogP contribution in [0.2, 0.25) is 0 Å². The summed E-state index contributed by atoms with van der Waals surface area (Å²) in [6.07, 6.45) is 0.525. The van der Waals surface area contributed by atoms with E-state index in [4.69, 9.17) is 4.74 Å². The van der Waals surface area contributed by atoms with Crippen molar-refractivity contribution >= 4 is 17.3 Å². The van der Waals surface area contributed by atoms with Crippen molar-refractivity contribution in [3.63, 3.8) is 0 Å². The second kappa shape index (κ2) is 4.35. The number of hydrogen-bond donors (Lipinski definition) is 0. The van der Waals surface area contributed by atoms with Crippen LogP contribution < -0.4 is 0 Å². The fourth-order valence-corrected chi connectivity index (χ4v) is 3.64. The maximum Gasteiger partial charge on any atom is 0.334 e. The van der Waals surface area contributed by atoms with Gasteiger partial charge in [-0.3, -0.25) is 0 Å². The first-order valence-electron chi connectivity index (χ1n) is 6.15. The number of benzene rings is 1. The van der Waals surface area contributed by atoms with Gasteiger partial charge in [0.1, 0.15) is 0 Å². The molecule has 2 nitrogen and oxygen atoms in total. The number of carbonyl (C=O) groups is 1. The average molecular weight is 270 g/mol. The van der Waals surface area contributed by atoms with Gasteiger partial charge >= 0.3 is 5.97 Å². The van der Waals surface area contributed by atoms with Gasteiger partial charge in [-0.1, -0.05) is 36.9 Å². The van der Waals surface area contributed by atoms with Gasteiger partial charge in [0.25, 0.3) is 0 Å². The zero-order chi connectivity index (χ0) is 13.5. The monoisotopic (exact) mass is 270 g/mol. The van der Waals surface area contributed by atoms with E-state index in [1.54, 1.807) is 11.3 Å². The lowest BCUT2D eigenvalue weighted by molar-refractivity contribution is -0.143. The molecule has 3 rings (SSSR count). The van der Waals surface area contributed by atoms with Crippen molar-refractivity contribution in [2.75, 3.05) is 0 Å². The number of hydrogen-bond acceptors (Lipinski definition) is 3. The van der Waals surface area contributed by atoms with Gasteiger partial charge in [-0.25, -0.2) is 4.79 Å². The molecule has 1 aliphatic rings. The highest BCUT2D eigenvalue weighted by molar-refractivity contribution is 7.10. The summed E-state index contributed by atoms with van der Waals surface area (Å²) in [5.74, 6) is -0.295. The summed E-state index contributed by atoms with van der Waals surface area (Å²) < 4.78 is 5.74. The molecule has 1 saturated heterocycles. The van der Waals surface area contributed by atoms with E-state index in [9.17, 15) is 4.79 Å². The first-order valence-corrected chi connectivity index (χ1v) is 7.03. The summed E-state index contributed by atoms with van der Waals surface area (Å²) in [7, 11) is 0. The van der Waals surface area contributed by atoms with Crippen LogP contribution >= 0.6 is 11.3 Å². The summed E-state index contributed by atoms with van der Waals surface area (Å²) in [5, 5.41) is 2.03. The van der Waals surface area contributed by atoms with E-state index in [2.05, 4.69) is 12.6 Å². The predicted molar refractivity (Wildman–Crippen MR) is 76.1 cm³/mol. The van der Waals surface area contributed by atoms with Crippen molar-refractivity contribution in [3.05, 3.63) is 69.9 Å². The molecule has 96 valence electrons. The Hall–Kier alpha value is -1.87. The van der Waals surface area contributed by atoms with Gasteiger partial charge in [0.2, 0.25) is 0 Å². The predicted octanol–water partition coefficient (Wildman–Crippen LogP) is 3.80. The summed E-state index contributed by atoms with van der Waals surface area (Å²) in [4.78, 5) is 12.9. The molecule has 0 N–H and O–H groups in total. The van der Waals surface area contributed by atoms with Crippen LogP contribution in [0.3, 0.4) is 0 Å². The van der Waals surface area contributed by atoms with Crippen molar-refractivity contribution in [2.45, 2.75) is 18.9 Å². The van der Waals surface area contributed by atoms with Crippen LogP contribution in [0.25, 0.3) is 0 Å². The molecular weight excluding hydrogens is 256 g/mol. The largest absolute Gasteiger partial charge is 0.445 e. The van der Waals surface area contributed by atoms with E-state index in [0.717, 1.165) is 16.0 Å². The van der Waals surface area contributed by atoms with Crippen molar-refractivity contribution in [1.29, 1.82) is 0 Å². The third kappa shape index (κ3) is 1.81. The Morgan fingerprint density at radius 1 is 1.26 bits per heavy atom. The second-order valence-corrected chi connectivity index (χ2v) is 5.71. The van der Waals surface area contributed by atoms with Gasteiger partial charge in [-0.05, 0) is 23.9 Å². The number of cyclic esters (lactones) is 1. The molecule has 1 aliphatic heterocycles. The van der Waals surface area contributed by atoms with Crippen LogP contribution in [-0.2, 0) is 15.1 Å². The van der Waals surface area contributed by atoms with E-state index >= 15 is 0 Å². The van der Waals surface area contributed by atoms with Gasteiger partial charge in [0.15, 0.2) is 5.60 Å². The number of rotatable bonds is 2. The van der Waals surface area contributed by atoms with Crippen LogP contribution in [0.15, 0.2) is 53.9 Å². The van der Waals surface area contributed by atoms with E-state index in [1.165, 1.54) is 0 Å². The lowest BCUT2D eigenvalue weighted by Crippen LogP contribution is -2.26. The van der Waals surface area contributed by atoms with Gasteiger partial charge in [0.05, 0.1) is 4.88 Å². The molecule has 0 radical (unpaired) electrons. The van der Waals surface area contributed by atoms with E-state index in [1.807, 2.05) is 42.6 Å². The highest BCUT2D eigenvalue weighted by Crippen LogP contribution is 2.47. The van der Waals surface area contributed by atoms with Crippen molar-refractivity contribution < 1.29 is 9.53 Å². The molecule has 2 heterocycles. The minimum absolute atomic E-state index is 0.295. The normalized spacial score (nSPS) is 22.6. The first-order chi connectivity index (χ1) is 9.13. The van der Waals surface area contributed by atoms with Gasteiger partial charge in [-0.2, -0.15) is 0 Å². The fraction of sp³-hybridized carbons (Fsp3) is 0.188. The Bertz CT molecular complexity index is 624.